The zero-order chi connectivity index (χ0) is 23.6. The van der Waals surface area contributed by atoms with Crippen molar-refractivity contribution < 1.29 is 19.0 Å². The maximum absolute atomic E-state index is 13.4. The summed E-state index contributed by atoms with van der Waals surface area (Å²) in [5.41, 5.74) is 2.62. The summed E-state index contributed by atoms with van der Waals surface area (Å²) in [6.45, 7) is 4.55. The van der Waals surface area contributed by atoms with Crippen LogP contribution in [0.1, 0.15) is 43.7 Å². The fraction of sp³-hybridized carbons (Fsp3) is 0.462. The lowest BCUT2D eigenvalue weighted by molar-refractivity contribution is 0.191. The van der Waals surface area contributed by atoms with E-state index in [-0.39, 0.29) is 6.03 Å². The first-order valence-corrected chi connectivity index (χ1v) is 11.5. The maximum Gasteiger partial charge on any atom is 0.324 e. The molecule has 0 saturated carbocycles. The summed E-state index contributed by atoms with van der Waals surface area (Å²) in [7, 11) is 3.23. The number of nitrogens with zero attached hydrogens (tertiary/aromatic N) is 3. The van der Waals surface area contributed by atoms with E-state index < -0.39 is 0 Å². The van der Waals surface area contributed by atoms with Crippen LogP contribution in [0.5, 0.6) is 17.2 Å². The summed E-state index contributed by atoms with van der Waals surface area (Å²) in [4.78, 5) is 17.0. The molecule has 0 atom stereocenters. The Balaban J connectivity index is 1.76. The largest absolute Gasteiger partial charge is 0.496 e. The third kappa shape index (κ3) is 6.10. The maximum atomic E-state index is 13.4. The highest BCUT2D eigenvalue weighted by Crippen LogP contribution is 2.34. The number of carbonyl (C=O) groups is 1. The molecule has 176 valence electrons. The molecule has 1 heterocycles. The molecule has 1 aliphatic rings. The zero-order valence-corrected chi connectivity index (χ0v) is 19.8. The summed E-state index contributed by atoms with van der Waals surface area (Å²) in [6.07, 6.45) is 4.41. The van der Waals surface area contributed by atoms with E-state index in [2.05, 4.69) is 13.0 Å². The molecule has 1 aliphatic heterocycles. The fourth-order valence-electron chi connectivity index (χ4n) is 3.97. The zero-order valence-electron chi connectivity index (χ0n) is 19.8. The van der Waals surface area contributed by atoms with Crippen LogP contribution in [0.4, 0.5) is 10.5 Å². The lowest BCUT2D eigenvalue weighted by Gasteiger charge is -2.36. The molecule has 0 unspecified atom stereocenters. The molecule has 0 aliphatic carbocycles. The summed E-state index contributed by atoms with van der Waals surface area (Å²) >= 11 is 0. The minimum Gasteiger partial charge on any atom is -0.496 e. The van der Waals surface area contributed by atoms with Crippen LogP contribution in [0.25, 0.3) is 0 Å². The second-order valence-corrected chi connectivity index (χ2v) is 8.08. The third-order valence-corrected chi connectivity index (χ3v) is 5.77. The number of nitriles is 1. The molecule has 33 heavy (non-hydrogen) atoms. The second-order valence-electron chi connectivity index (χ2n) is 8.08. The van der Waals surface area contributed by atoms with E-state index in [0.717, 1.165) is 42.5 Å². The fourth-order valence-corrected chi connectivity index (χ4v) is 3.97. The first-order chi connectivity index (χ1) is 16.1. The van der Waals surface area contributed by atoms with Gasteiger partial charge in [-0.15, -0.1) is 0 Å². The summed E-state index contributed by atoms with van der Waals surface area (Å²) in [5, 5.41) is 8.94. The normalized spacial score (nSPS) is 13.6. The van der Waals surface area contributed by atoms with E-state index >= 15 is 0 Å². The molecule has 7 heteroatoms. The van der Waals surface area contributed by atoms with Crippen LogP contribution in [0.3, 0.4) is 0 Å². The van der Waals surface area contributed by atoms with Crippen molar-refractivity contribution >= 4 is 11.7 Å². The SMILES string of the molecule is CCCCCOc1cc(N2CCCN(Cc3ccc(CC#N)cc3OC)C2=O)ccc1OC. The van der Waals surface area contributed by atoms with Gasteiger partial charge in [0.05, 0.1) is 39.9 Å². The molecule has 0 N–H and O–H groups in total. The van der Waals surface area contributed by atoms with Crippen molar-refractivity contribution in [2.24, 2.45) is 0 Å². The Labute approximate surface area is 196 Å². The van der Waals surface area contributed by atoms with Gasteiger partial charge in [-0.1, -0.05) is 31.9 Å². The number of benzene rings is 2. The number of methoxy groups -OCH3 is 2. The number of hydrogen-bond donors (Lipinski definition) is 0. The number of urea groups is 1. The first-order valence-electron chi connectivity index (χ1n) is 11.5. The van der Waals surface area contributed by atoms with Crippen molar-refractivity contribution in [2.45, 2.75) is 45.6 Å². The van der Waals surface area contributed by atoms with Gasteiger partial charge in [0, 0.05) is 30.4 Å². The van der Waals surface area contributed by atoms with Crippen molar-refractivity contribution in [2.75, 3.05) is 38.8 Å². The molecule has 7 nitrogen and oxygen atoms in total. The lowest BCUT2D eigenvalue weighted by Crippen LogP contribution is -2.49. The molecular weight excluding hydrogens is 418 g/mol. The Morgan fingerprint density at radius 3 is 2.55 bits per heavy atom. The smallest absolute Gasteiger partial charge is 0.324 e. The molecular formula is C26H33N3O4. The van der Waals surface area contributed by atoms with Crippen molar-refractivity contribution in [3.63, 3.8) is 0 Å². The van der Waals surface area contributed by atoms with E-state index in [1.165, 1.54) is 0 Å². The Bertz CT molecular complexity index is 986. The number of anilines is 1. The average Bonchev–Trinajstić information content (AvgIpc) is 2.84. The van der Waals surface area contributed by atoms with Gasteiger partial charge in [-0.3, -0.25) is 4.90 Å². The quantitative estimate of drug-likeness (QED) is 0.441. The Kier molecular flexibility index (Phi) is 8.82. The number of hydrogen-bond acceptors (Lipinski definition) is 5. The Morgan fingerprint density at radius 1 is 1.00 bits per heavy atom. The van der Waals surface area contributed by atoms with Crippen LogP contribution < -0.4 is 19.1 Å². The van der Waals surface area contributed by atoms with E-state index in [4.69, 9.17) is 19.5 Å². The van der Waals surface area contributed by atoms with E-state index in [9.17, 15) is 4.79 Å². The number of carbonyl (C=O) groups excluding carboxylic acids is 1. The van der Waals surface area contributed by atoms with Gasteiger partial charge in [-0.2, -0.15) is 5.26 Å². The van der Waals surface area contributed by atoms with Gasteiger partial charge in [-0.05, 0) is 36.6 Å². The minimum atomic E-state index is -0.0495. The highest BCUT2D eigenvalue weighted by molar-refractivity contribution is 5.93. The molecule has 0 bridgehead atoms. The molecule has 1 saturated heterocycles. The number of amides is 2. The monoisotopic (exact) mass is 451 g/mol. The number of unbranched alkanes of at least 4 members (excludes halogenated alkanes) is 2. The van der Waals surface area contributed by atoms with Gasteiger partial charge in [0.2, 0.25) is 0 Å². The molecule has 0 radical (unpaired) electrons. The average molecular weight is 452 g/mol. The number of rotatable bonds is 11. The van der Waals surface area contributed by atoms with E-state index in [1.54, 1.807) is 19.1 Å². The van der Waals surface area contributed by atoms with Crippen molar-refractivity contribution in [1.29, 1.82) is 5.26 Å². The minimum absolute atomic E-state index is 0.0495. The van der Waals surface area contributed by atoms with Gasteiger partial charge in [0.1, 0.15) is 5.75 Å². The van der Waals surface area contributed by atoms with Crippen molar-refractivity contribution in [3.05, 3.63) is 47.5 Å². The molecule has 2 amide bonds. The summed E-state index contributed by atoms with van der Waals surface area (Å²) < 4.78 is 16.9. The molecule has 2 aromatic rings. The van der Waals surface area contributed by atoms with Gasteiger partial charge < -0.3 is 19.1 Å². The lowest BCUT2D eigenvalue weighted by atomic mass is 10.1. The van der Waals surface area contributed by atoms with Gasteiger partial charge >= 0.3 is 6.03 Å². The van der Waals surface area contributed by atoms with Crippen LogP contribution in [-0.4, -0.2) is 44.8 Å². The van der Waals surface area contributed by atoms with Crippen LogP contribution in [0.15, 0.2) is 36.4 Å². The van der Waals surface area contributed by atoms with Crippen molar-refractivity contribution in [1.82, 2.24) is 4.90 Å². The van der Waals surface area contributed by atoms with Gasteiger partial charge in [0.25, 0.3) is 0 Å². The second kappa shape index (κ2) is 12.0. The van der Waals surface area contributed by atoms with Crippen LogP contribution in [-0.2, 0) is 13.0 Å². The first kappa shape index (κ1) is 24.2. The van der Waals surface area contributed by atoms with Crippen LogP contribution in [0, 0.1) is 11.3 Å². The van der Waals surface area contributed by atoms with Crippen LogP contribution in [0.2, 0.25) is 0 Å². The molecule has 2 aromatic carbocycles. The Hall–Kier alpha value is -3.40. The van der Waals surface area contributed by atoms with Gasteiger partial charge in [-0.25, -0.2) is 4.79 Å². The Morgan fingerprint density at radius 2 is 1.82 bits per heavy atom. The third-order valence-electron chi connectivity index (χ3n) is 5.77. The summed E-state index contributed by atoms with van der Waals surface area (Å²) in [5.74, 6) is 2.02. The molecule has 3 rings (SSSR count). The number of ether oxygens (including phenoxy) is 3. The van der Waals surface area contributed by atoms with Gasteiger partial charge in [0.15, 0.2) is 11.5 Å². The molecule has 1 fully saturated rings. The van der Waals surface area contributed by atoms with E-state index in [1.807, 2.05) is 41.3 Å². The van der Waals surface area contributed by atoms with Crippen LogP contribution >= 0.6 is 0 Å². The standard InChI is InChI=1S/C26H33N3O4/c1-4-5-6-16-33-25-18-22(10-11-23(25)31-2)29-15-7-14-28(26(29)30)19-21-9-8-20(12-13-27)17-24(21)32-3/h8-11,17-18H,4-7,12,14-16,19H2,1-3H3. The highest BCUT2D eigenvalue weighted by atomic mass is 16.5. The summed E-state index contributed by atoms with van der Waals surface area (Å²) in [6, 6.07) is 13.5. The van der Waals surface area contributed by atoms with E-state index in [0.29, 0.717) is 49.9 Å². The predicted octanol–water partition coefficient (Wildman–Crippen LogP) is 5.17. The molecule has 0 aromatic heterocycles. The topological polar surface area (TPSA) is 75.0 Å². The van der Waals surface area contributed by atoms with Crippen molar-refractivity contribution in [3.8, 4) is 23.3 Å². The predicted molar refractivity (Wildman–Crippen MR) is 128 cm³/mol. The molecule has 0 spiro atoms. The highest BCUT2D eigenvalue weighted by Gasteiger charge is 2.28.